The molecule has 0 saturated carbocycles. The van der Waals surface area contributed by atoms with E-state index in [9.17, 15) is 9.59 Å². The van der Waals surface area contributed by atoms with Crippen LogP contribution in [0.1, 0.15) is 25.9 Å². The van der Waals surface area contributed by atoms with E-state index in [0.29, 0.717) is 4.88 Å². The zero-order valence-electron chi connectivity index (χ0n) is 8.63. The molecule has 2 aromatic rings. The molecule has 17 heavy (non-hydrogen) atoms. The van der Waals surface area contributed by atoms with E-state index >= 15 is 0 Å². The lowest BCUT2D eigenvalue weighted by molar-refractivity contribution is 0.0624. The fourth-order valence-electron chi connectivity index (χ4n) is 1.26. The van der Waals surface area contributed by atoms with E-state index in [1.54, 1.807) is 6.07 Å². The predicted octanol–water partition coefficient (Wildman–Crippen LogP) is 2.11. The smallest absolute Gasteiger partial charge is 0.374 e. The van der Waals surface area contributed by atoms with Crippen LogP contribution in [0, 0.1) is 6.92 Å². The Hall–Kier alpha value is -2.15. The van der Waals surface area contributed by atoms with E-state index in [1.165, 1.54) is 11.3 Å². The van der Waals surface area contributed by atoms with Crippen LogP contribution in [0.2, 0.25) is 0 Å². The molecule has 0 aliphatic carbocycles. The summed E-state index contributed by atoms with van der Waals surface area (Å²) in [6, 6.07) is 3.51. The Balaban J connectivity index is 2.54. The van der Waals surface area contributed by atoms with Crippen molar-refractivity contribution in [1.82, 2.24) is 4.98 Å². The molecule has 6 nitrogen and oxygen atoms in total. The number of nitrogens with zero attached hydrogens (tertiary/aromatic N) is 1. The molecule has 0 amide bonds. The minimum absolute atomic E-state index is 0.0119. The first-order valence-electron chi connectivity index (χ1n) is 4.53. The van der Waals surface area contributed by atoms with Gasteiger partial charge in [-0.25, -0.2) is 14.6 Å². The van der Waals surface area contributed by atoms with Gasteiger partial charge in [0.1, 0.15) is 0 Å². The molecule has 0 bridgehead atoms. The number of carbonyl (C=O) groups is 2. The topological polar surface area (TPSA) is 101 Å². The Morgan fingerprint density at radius 1 is 1.29 bits per heavy atom. The lowest BCUT2D eigenvalue weighted by atomic mass is 10.3. The van der Waals surface area contributed by atoms with Crippen LogP contribution in [0.4, 0.5) is 0 Å². The predicted molar refractivity (Wildman–Crippen MR) is 58.5 cm³/mol. The Bertz CT molecular complexity index is 566. The van der Waals surface area contributed by atoms with Gasteiger partial charge in [-0.15, -0.1) is 11.3 Å². The molecule has 0 aliphatic rings. The van der Waals surface area contributed by atoms with E-state index in [4.69, 9.17) is 14.6 Å². The number of aryl methyl sites for hydroxylation is 1. The van der Waals surface area contributed by atoms with Gasteiger partial charge < -0.3 is 14.6 Å². The van der Waals surface area contributed by atoms with Gasteiger partial charge >= 0.3 is 11.9 Å². The Morgan fingerprint density at radius 2 is 2.00 bits per heavy atom. The highest BCUT2D eigenvalue weighted by Gasteiger charge is 2.25. The zero-order valence-corrected chi connectivity index (χ0v) is 9.45. The molecule has 0 unspecified atom stereocenters. The van der Waals surface area contributed by atoms with Gasteiger partial charge in [0.05, 0.1) is 4.88 Å². The fourth-order valence-corrected chi connectivity index (χ4v) is 2.06. The molecule has 0 aliphatic heterocycles. The Kier molecular flexibility index (Phi) is 2.68. The van der Waals surface area contributed by atoms with Crippen molar-refractivity contribution < 1.29 is 24.2 Å². The molecule has 2 N–H and O–H groups in total. The van der Waals surface area contributed by atoms with E-state index in [2.05, 4.69) is 4.98 Å². The monoisotopic (exact) mass is 253 g/mol. The summed E-state index contributed by atoms with van der Waals surface area (Å²) in [4.78, 5) is 26.8. The lowest BCUT2D eigenvalue weighted by Gasteiger charge is -1.87. The van der Waals surface area contributed by atoms with Crippen molar-refractivity contribution in [3.63, 3.8) is 0 Å². The number of aromatic nitrogens is 1. The van der Waals surface area contributed by atoms with E-state index < -0.39 is 23.4 Å². The van der Waals surface area contributed by atoms with Crippen LogP contribution in [-0.2, 0) is 0 Å². The van der Waals surface area contributed by atoms with E-state index in [1.807, 2.05) is 13.0 Å². The summed E-state index contributed by atoms with van der Waals surface area (Å²) in [5.74, 6) is -3.52. The van der Waals surface area contributed by atoms with Crippen LogP contribution < -0.4 is 0 Å². The maximum Gasteiger partial charge on any atom is 0.374 e. The molecule has 0 fully saturated rings. The average Bonchev–Trinajstić information content (AvgIpc) is 2.82. The minimum Gasteiger partial charge on any atom is -0.476 e. The SMILES string of the molecule is Cc1ccc(-c2nc(C(=O)O)c(C(=O)O)o2)s1. The van der Waals surface area contributed by atoms with Crippen molar-refractivity contribution in [2.75, 3.05) is 0 Å². The van der Waals surface area contributed by atoms with Crippen LogP contribution in [0.5, 0.6) is 0 Å². The van der Waals surface area contributed by atoms with Crippen molar-refractivity contribution in [3.05, 3.63) is 28.5 Å². The molecular weight excluding hydrogens is 246 g/mol. The first kappa shape index (κ1) is 11.3. The van der Waals surface area contributed by atoms with Gasteiger partial charge in [0.25, 0.3) is 0 Å². The molecule has 88 valence electrons. The summed E-state index contributed by atoms with van der Waals surface area (Å²) in [5.41, 5.74) is -0.585. The summed E-state index contributed by atoms with van der Waals surface area (Å²) < 4.78 is 4.96. The second-order valence-corrected chi connectivity index (χ2v) is 4.51. The number of rotatable bonds is 3. The summed E-state index contributed by atoms with van der Waals surface area (Å²) >= 11 is 1.34. The zero-order chi connectivity index (χ0) is 12.6. The molecule has 0 atom stereocenters. The number of aromatic carboxylic acids is 2. The number of hydrogen-bond donors (Lipinski definition) is 2. The van der Waals surface area contributed by atoms with Crippen LogP contribution >= 0.6 is 11.3 Å². The van der Waals surface area contributed by atoms with Crippen molar-refractivity contribution in [1.29, 1.82) is 0 Å². The summed E-state index contributed by atoms with van der Waals surface area (Å²) in [6.07, 6.45) is 0. The minimum atomic E-state index is -1.45. The standard InChI is InChI=1S/C10H7NO5S/c1-4-2-3-5(17-4)8-11-6(9(12)13)7(16-8)10(14)15/h2-3H,1H3,(H,12,13)(H,14,15). The van der Waals surface area contributed by atoms with Gasteiger partial charge in [0.15, 0.2) is 0 Å². The van der Waals surface area contributed by atoms with Crippen molar-refractivity contribution in [2.45, 2.75) is 6.92 Å². The summed E-state index contributed by atoms with van der Waals surface area (Å²) in [6.45, 7) is 1.87. The van der Waals surface area contributed by atoms with E-state index in [0.717, 1.165) is 4.88 Å². The summed E-state index contributed by atoms with van der Waals surface area (Å²) in [7, 11) is 0. The van der Waals surface area contributed by atoms with Gasteiger partial charge in [-0.1, -0.05) is 0 Å². The third kappa shape index (κ3) is 2.04. The van der Waals surface area contributed by atoms with Crippen LogP contribution in [-0.4, -0.2) is 27.1 Å². The molecular formula is C10H7NO5S. The number of oxazole rings is 1. The van der Waals surface area contributed by atoms with Gasteiger partial charge in [-0.3, -0.25) is 0 Å². The lowest BCUT2D eigenvalue weighted by Crippen LogP contribution is -2.05. The highest BCUT2D eigenvalue weighted by Crippen LogP contribution is 2.28. The first-order chi connectivity index (χ1) is 7.99. The molecule has 0 spiro atoms. The third-order valence-corrected chi connectivity index (χ3v) is 2.96. The van der Waals surface area contributed by atoms with Crippen molar-refractivity contribution in [2.24, 2.45) is 0 Å². The van der Waals surface area contributed by atoms with Crippen molar-refractivity contribution >= 4 is 23.3 Å². The quantitative estimate of drug-likeness (QED) is 0.868. The molecule has 0 saturated heterocycles. The average molecular weight is 253 g/mol. The number of thiophene rings is 1. The molecule has 0 aromatic carbocycles. The Labute approximate surface area is 99.1 Å². The normalized spacial score (nSPS) is 10.4. The molecule has 7 heteroatoms. The number of carboxylic acid groups (broad SMARTS) is 2. The highest BCUT2D eigenvalue weighted by atomic mass is 32.1. The molecule has 2 heterocycles. The second-order valence-electron chi connectivity index (χ2n) is 3.22. The molecule has 2 aromatic heterocycles. The molecule has 0 radical (unpaired) electrons. The first-order valence-corrected chi connectivity index (χ1v) is 5.35. The van der Waals surface area contributed by atoms with E-state index in [-0.39, 0.29) is 5.89 Å². The second kappa shape index (κ2) is 4.02. The maximum absolute atomic E-state index is 10.8. The van der Waals surface area contributed by atoms with Crippen LogP contribution in [0.15, 0.2) is 16.5 Å². The highest BCUT2D eigenvalue weighted by molar-refractivity contribution is 7.15. The fraction of sp³-hybridized carbons (Fsp3) is 0.100. The van der Waals surface area contributed by atoms with Crippen LogP contribution in [0.3, 0.4) is 0 Å². The largest absolute Gasteiger partial charge is 0.476 e. The van der Waals surface area contributed by atoms with Crippen LogP contribution in [0.25, 0.3) is 10.8 Å². The number of carboxylic acids is 2. The Morgan fingerprint density at radius 3 is 2.41 bits per heavy atom. The van der Waals surface area contributed by atoms with Crippen molar-refractivity contribution in [3.8, 4) is 10.8 Å². The maximum atomic E-state index is 10.8. The van der Waals surface area contributed by atoms with Gasteiger partial charge in [-0.05, 0) is 19.1 Å². The number of hydrogen-bond acceptors (Lipinski definition) is 5. The third-order valence-electron chi connectivity index (χ3n) is 1.98. The van der Waals surface area contributed by atoms with Gasteiger partial charge in [-0.2, -0.15) is 0 Å². The van der Waals surface area contributed by atoms with Gasteiger partial charge in [0.2, 0.25) is 17.3 Å². The van der Waals surface area contributed by atoms with Gasteiger partial charge in [0, 0.05) is 4.88 Å². The molecule has 2 rings (SSSR count). The summed E-state index contributed by atoms with van der Waals surface area (Å²) in [5, 5.41) is 17.6.